The van der Waals surface area contributed by atoms with Gasteiger partial charge >= 0.3 is 0 Å². The minimum atomic E-state index is 0.319. The van der Waals surface area contributed by atoms with Gasteiger partial charge in [-0.05, 0) is 37.6 Å². The summed E-state index contributed by atoms with van der Waals surface area (Å²) in [4.78, 5) is 20.9. The van der Waals surface area contributed by atoms with Crippen LogP contribution < -0.4 is 10.2 Å². The molecule has 1 aromatic rings. The highest BCUT2D eigenvalue weighted by atomic mass is 16.2. The number of anilines is 1. The molecule has 1 unspecified atom stereocenters. The molecule has 0 aromatic carbocycles. The fourth-order valence-corrected chi connectivity index (χ4v) is 2.99. The molecule has 0 saturated carbocycles. The van der Waals surface area contributed by atoms with E-state index in [-0.39, 0.29) is 0 Å². The van der Waals surface area contributed by atoms with Gasteiger partial charge in [0.25, 0.3) is 0 Å². The van der Waals surface area contributed by atoms with E-state index in [9.17, 15) is 4.79 Å². The Morgan fingerprint density at radius 3 is 2.80 bits per heavy atom. The number of nitrogens with zero attached hydrogens (tertiary/aromatic N) is 3. The van der Waals surface area contributed by atoms with Crippen LogP contribution in [0.1, 0.15) is 12.8 Å². The lowest BCUT2D eigenvalue weighted by molar-refractivity contribution is -0.132. The maximum absolute atomic E-state index is 12.3. The van der Waals surface area contributed by atoms with E-state index in [1.165, 1.54) is 0 Å². The van der Waals surface area contributed by atoms with Gasteiger partial charge in [0.1, 0.15) is 5.82 Å². The number of hydrogen-bond acceptors (Lipinski definition) is 4. The van der Waals surface area contributed by atoms with Crippen LogP contribution in [0, 0.1) is 5.92 Å². The van der Waals surface area contributed by atoms with Crippen LogP contribution in [0.5, 0.6) is 0 Å². The van der Waals surface area contributed by atoms with Crippen LogP contribution in [-0.2, 0) is 4.79 Å². The zero-order chi connectivity index (χ0) is 13.8. The van der Waals surface area contributed by atoms with E-state index < -0.39 is 0 Å². The Morgan fingerprint density at radius 1 is 1.30 bits per heavy atom. The van der Waals surface area contributed by atoms with Crippen molar-refractivity contribution in [2.45, 2.75) is 12.8 Å². The summed E-state index contributed by atoms with van der Waals surface area (Å²) in [5.74, 6) is 1.87. The third-order valence-corrected chi connectivity index (χ3v) is 4.23. The van der Waals surface area contributed by atoms with Gasteiger partial charge in [0.05, 0.1) is 0 Å². The zero-order valence-electron chi connectivity index (χ0n) is 11.8. The molecule has 5 heteroatoms. The molecular formula is C15H22N4O. The van der Waals surface area contributed by atoms with Gasteiger partial charge < -0.3 is 15.1 Å². The molecular weight excluding hydrogens is 252 g/mol. The lowest BCUT2D eigenvalue weighted by Crippen LogP contribution is -2.49. The highest BCUT2D eigenvalue weighted by molar-refractivity contribution is 5.76. The molecule has 5 nitrogen and oxygen atoms in total. The number of carbonyl (C=O) groups is 1. The fraction of sp³-hybridized carbons (Fsp3) is 0.600. The molecule has 1 amide bonds. The van der Waals surface area contributed by atoms with Gasteiger partial charge in [0, 0.05) is 38.8 Å². The normalized spacial score (nSPS) is 23.1. The summed E-state index contributed by atoms with van der Waals surface area (Å²) in [7, 11) is 0. The SMILES string of the molecule is O=C(CC1CCNC1)N1CCN(c2ccccn2)CC1. The minimum Gasteiger partial charge on any atom is -0.353 e. The molecule has 1 aromatic heterocycles. The maximum atomic E-state index is 12.3. The smallest absolute Gasteiger partial charge is 0.223 e. The molecule has 0 radical (unpaired) electrons. The fourth-order valence-electron chi connectivity index (χ4n) is 2.99. The second kappa shape index (κ2) is 6.22. The number of amides is 1. The Kier molecular flexibility index (Phi) is 4.16. The van der Waals surface area contributed by atoms with Crippen molar-refractivity contribution in [1.82, 2.24) is 15.2 Å². The highest BCUT2D eigenvalue weighted by Gasteiger charge is 2.25. The molecule has 2 saturated heterocycles. The summed E-state index contributed by atoms with van der Waals surface area (Å²) < 4.78 is 0. The van der Waals surface area contributed by atoms with E-state index in [0.717, 1.165) is 51.5 Å². The van der Waals surface area contributed by atoms with Crippen molar-refractivity contribution >= 4 is 11.7 Å². The molecule has 0 spiro atoms. The zero-order valence-corrected chi connectivity index (χ0v) is 11.8. The van der Waals surface area contributed by atoms with Crippen molar-refractivity contribution in [3.63, 3.8) is 0 Å². The Bertz CT molecular complexity index is 436. The van der Waals surface area contributed by atoms with Crippen molar-refractivity contribution in [3.05, 3.63) is 24.4 Å². The summed E-state index contributed by atoms with van der Waals surface area (Å²) in [5, 5.41) is 3.32. The van der Waals surface area contributed by atoms with Gasteiger partial charge in [-0.1, -0.05) is 6.07 Å². The van der Waals surface area contributed by atoms with E-state index in [2.05, 4.69) is 15.2 Å². The van der Waals surface area contributed by atoms with Crippen molar-refractivity contribution in [1.29, 1.82) is 0 Å². The van der Waals surface area contributed by atoms with Crippen LogP contribution in [0.15, 0.2) is 24.4 Å². The molecule has 0 aliphatic carbocycles. The van der Waals surface area contributed by atoms with Crippen molar-refractivity contribution < 1.29 is 4.79 Å². The van der Waals surface area contributed by atoms with E-state index in [0.29, 0.717) is 18.2 Å². The summed E-state index contributed by atoms with van der Waals surface area (Å²) in [6, 6.07) is 5.97. The number of rotatable bonds is 3. The number of hydrogen-bond donors (Lipinski definition) is 1. The van der Waals surface area contributed by atoms with Gasteiger partial charge in [-0.3, -0.25) is 4.79 Å². The molecule has 1 atom stereocenters. The first-order valence-electron chi connectivity index (χ1n) is 7.47. The summed E-state index contributed by atoms with van der Waals surface area (Å²) >= 11 is 0. The van der Waals surface area contributed by atoms with Gasteiger partial charge in [0.2, 0.25) is 5.91 Å². The molecule has 3 rings (SSSR count). The average Bonchev–Trinajstić information content (AvgIpc) is 3.01. The Morgan fingerprint density at radius 2 is 2.15 bits per heavy atom. The molecule has 3 heterocycles. The predicted octanol–water partition coefficient (Wildman–Crippen LogP) is 0.730. The van der Waals surface area contributed by atoms with Crippen molar-refractivity contribution in [2.75, 3.05) is 44.2 Å². The molecule has 2 aliphatic rings. The quantitative estimate of drug-likeness (QED) is 0.883. The summed E-state index contributed by atoms with van der Waals surface area (Å²) in [6.07, 6.45) is 3.66. The van der Waals surface area contributed by atoms with Gasteiger partial charge in [-0.25, -0.2) is 4.98 Å². The minimum absolute atomic E-state index is 0.319. The Balaban J connectivity index is 1.49. The maximum Gasteiger partial charge on any atom is 0.223 e. The number of pyridine rings is 1. The standard InChI is InChI=1S/C15H22N4O/c20-15(11-13-4-6-16-12-13)19-9-7-18(8-10-19)14-3-1-2-5-17-14/h1-3,5,13,16H,4,6-12H2. The number of piperazine rings is 1. The van der Waals surface area contributed by atoms with E-state index in [1.807, 2.05) is 29.3 Å². The lowest BCUT2D eigenvalue weighted by Gasteiger charge is -2.35. The van der Waals surface area contributed by atoms with Crippen LogP contribution in [0.3, 0.4) is 0 Å². The average molecular weight is 274 g/mol. The number of nitrogens with one attached hydrogen (secondary N) is 1. The van der Waals surface area contributed by atoms with Crippen LogP contribution in [0.4, 0.5) is 5.82 Å². The van der Waals surface area contributed by atoms with Crippen LogP contribution >= 0.6 is 0 Å². The van der Waals surface area contributed by atoms with Gasteiger partial charge in [0.15, 0.2) is 0 Å². The highest BCUT2D eigenvalue weighted by Crippen LogP contribution is 2.16. The van der Waals surface area contributed by atoms with E-state index in [4.69, 9.17) is 0 Å². The second-order valence-electron chi connectivity index (χ2n) is 5.62. The summed E-state index contributed by atoms with van der Waals surface area (Å²) in [6.45, 7) is 5.45. The van der Waals surface area contributed by atoms with E-state index in [1.54, 1.807) is 0 Å². The number of aromatic nitrogens is 1. The monoisotopic (exact) mass is 274 g/mol. The third-order valence-electron chi connectivity index (χ3n) is 4.23. The Hall–Kier alpha value is -1.62. The molecule has 108 valence electrons. The lowest BCUT2D eigenvalue weighted by atomic mass is 10.0. The summed E-state index contributed by atoms with van der Waals surface area (Å²) in [5.41, 5.74) is 0. The van der Waals surface area contributed by atoms with Crippen molar-refractivity contribution in [3.8, 4) is 0 Å². The topological polar surface area (TPSA) is 48.5 Å². The predicted molar refractivity (Wildman–Crippen MR) is 78.6 cm³/mol. The first-order valence-corrected chi connectivity index (χ1v) is 7.47. The van der Waals surface area contributed by atoms with Crippen molar-refractivity contribution in [2.24, 2.45) is 5.92 Å². The second-order valence-corrected chi connectivity index (χ2v) is 5.62. The van der Waals surface area contributed by atoms with Crippen LogP contribution in [-0.4, -0.2) is 55.1 Å². The first-order chi connectivity index (χ1) is 9.83. The molecule has 20 heavy (non-hydrogen) atoms. The largest absolute Gasteiger partial charge is 0.353 e. The van der Waals surface area contributed by atoms with Gasteiger partial charge in [-0.15, -0.1) is 0 Å². The molecule has 1 N–H and O–H groups in total. The molecule has 2 aliphatic heterocycles. The first kappa shape index (κ1) is 13.4. The van der Waals surface area contributed by atoms with Crippen LogP contribution in [0.2, 0.25) is 0 Å². The Labute approximate surface area is 120 Å². The van der Waals surface area contributed by atoms with Crippen LogP contribution in [0.25, 0.3) is 0 Å². The van der Waals surface area contributed by atoms with E-state index >= 15 is 0 Å². The number of carbonyl (C=O) groups excluding carboxylic acids is 1. The molecule has 2 fully saturated rings. The third kappa shape index (κ3) is 3.10. The molecule has 0 bridgehead atoms. The van der Waals surface area contributed by atoms with Gasteiger partial charge in [-0.2, -0.15) is 0 Å².